The molecule has 0 aliphatic carbocycles. The highest BCUT2D eigenvalue weighted by Crippen LogP contribution is 2.39. The van der Waals surface area contributed by atoms with Gasteiger partial charge >= 0.3 is 5.97 Å². The molecule has 112 valence electrons. The average molecular weight is 297 g/mol. The fourth-order valence-corrected chi connectivity index (χ4v) is 3.51. The van der Waals surface area contributed by atoms with E-state index in [1.165, 1.54) is 6.33 Å². The van der Waals surface area contributed by atoms with Gasteiger partial charge < -0.3 is 10.0 Å². The summed E-state index contributed by atoms with van der Waals surface area (Å²) in [6.45, 7) is 2.60. The maximum absolute atomic E-state index is 12.9. The molecular weight excluding hydrogens is 282 g/mol. The number of carbonyl (C=O) groups excluding carboxylic acids is 1. The van der Waals surface area contributed by atoms with Crippen molar-refractivity contribution in [1.29, 1.82) is 0 Å². The first-order valence-electron chi connectivity index (χ1n) is 7.30. The third-order valence-electron chi connectivity index (χ3n) is 4.48. The molecule has 0 bridgehead atoms. The van der Waals surface area contributed by atoms with Crippen LogP contribution < -0.4 is 0 Å². The molecule has 1 amide bonds. The molecule has 1 N–H and O–H groups in total. The second kappa shape index (κ2) is 4.43. The Kier molecular flexibility index (Phi) is 2.63. The number of rotatable bonds is 1. The molecule has 1 aromatic carbocycles. The molecule has 6 nitrogen and oxygen atoms in total. The van der Waals surface area contributed by atoms with Gasteiger partial charge in [0.1, 0.15) is 6.33 Å². The number of imidazole rings is 1. The number of nitrogens with zero attached hydrogens (tertiary/aromatic N) is 3. The molecule has 1 atom stereocenters. The van der Waals surface area contributed by atoms with E-state index < -0.39 is 5.97 Å². The molecule has 1 saturated heterocycles. The van der Waals surface area contributed by atoms with Gasteiger partial charge in [-0.15, -0.1) is 0 Å². The Hall–Kier alpha value is -2.63. The highest BCUT2D eigenvalue weighted by Gasteiger charge is 2.39. The van der Waals surface area contributed by atoms with E-state index in [9.17, 15) is 14.7 Å². The summed E-state index contributed by atoms with van der Waals surface area (Å²) >= 11 is 0. The van der Waals surface area contributed by atoms with Crippen LogP contribution in [-0.4, -0.2) is 38.0 Å². The molecule has 0 radical (unpaired) electrons. The summed E-state index contributed by atoms with van der Waals surface area (Å²) in [6, 6.07) is 5.44. The number of amides is 1. The molecule has 2 aromatic rings. The number of carboxylic acid groups (broad SMARTS) is 1. The summed E-state index contributed by atoms with van der Waals surface area (Å²) < 4.78 is 1.77. The number of hydrogen-bond donors (Lipinski definition) is 1. The number of aromatic carboxylic acids is 1. The molecule has 2 aliphatic rings. The maximum Gasteiger partial charge on any atom is 0.356 e. The Bertz CT molecular complexity index is 809. The van der Waals surface area contributed by atoms with Crippen molar-refractivity contribution < 1.29 is 14.7 Å². The molecule has 1 fully saturated rings. The monoisotopic (exact) mass is 297 g/mol. The van der Waals surface area contributed by atoms with Crippen LogP contribution in [0, 0.1) is 6.92 Å². The van der Waals surface area contributed by atoms with Gasteiger partial charge in [-0.2, -0.15) is 0 Å². The Balaban J connectivity index is 2.05. The second-order valence-corrected chi connectivity index (χ2v) is 5.83. The summed E-state index contributed by atoms with van der Waals surface area (Å²) in [5.41, 5.74) is 2.98. The first-order chi connectivity index (χ1) is 10.6. The molecular formula is C16H15N3O3. The number of benzene rings is 1. The van der Waals surface area contributed by atoms with Gasteiger partial charge in [0.15, 0.2) is 5.69 Å². The summed E-state index contributed by atoms with van der Waals surface area (Å²) in [5.74, 6) is -1.08. The van der Waals surface area contributed by atoms with Gasteiger partial charge in [0.2, 0.25) is 0 Å². The van der Waals surface area contributed by atoms with E-state index in [1.807, 2.05) is 25.1 Å². The number of carbonyl (C=O) groups is 2. The zero-order valence-electron chi connectivity index (χ0n) is 12.1. The van der Waals surface area contributed by atoms with Crippen LogP contribution in [0.25, 0.3) is 5.69 Å². The maximum atomic E-state index is 12.9. The van der Waals surface area contributed by atoms with Crippen LogP contribution >= 0.6 is 0 Å². The predicted molar refractivity (Wildman–Crippen MR) is 78.3 cm³/mol. The van der Waals surface area contributed by atoms with Crippen LogP contribution in [0.2, 0.25) is 0 Å². The smallest absolute Gasteiger partial charge is 0.356 e. The summed E-state index contributed by atoms with van der Waals surface area (Å²) in [7, 11) is 0. The van der Waals surface area contributed by atoms with E-state index in [2.05, 4.69) is 4.98 Å². The predicted octanol–water partition coefficient (Wildman–Crippen LogP) is 2.17. The number of carboxylic acids is 1. The van der Waals surface area contributed by atoms with Crippen LogP contribution in [0.4, 0.5) is 0 Å². The van der Waals surface area contributed by atoms with Gasteiger partial charge in [-0.05, 0) is 31.9 Å². The standard InChI is InChI=1S/C16H15N3O3/c1-9-4-5-11-10(7-9)15(20)18-6-2-3-12(18)14-13(16(21)22)17-8-19(11)14/h4-5,7-8,12H,2-3,6H2,1H3,(H,21,22)/t12-/m0/s1. The van der Waals surface area contributed by atoms with Crippen molar-refractivity contribution in [2.45, 2.75) is 25.8 Å². The topological polar surface area (TPSA) is 75.4 Å². The quantitative estimate of drug-likeness (QED) is 0.875. The lowest BCUT2D eigenvalue weighted by Crippen LogP contribution is -2.30. The van der Waals surface area contributed by atoms with Crippen LogP contribution in [0.15, 0.2) is 24.5 Å². The van der Waals surface area contributed by atoms with E-state index in [0.29, 0.717) is 23.5 Å². The Morgan fingerprint density at radius 1 is 1.41 bits per heavy atom. The van der Waals surface area contributed by atoms with Crippen molar-refractivity contribution in [3.63, 3.8) is 0 Å². The molecule has 1 aromatic heterocycles. The van der Waals surface area contributed by atoms with Crippen molar-refractivity contribution in [2.75, 3.05) is 6.54 Å². The van der Waals surface area contributed by atoms with Gasteiger partial charge in [0.05, 0.1) is 23.0 Å². The SMILES string of the molecule is Cc1ccc2c(c1)C(=O)N1CCC[C@H]1c1c(C(=O)O)ncn1-2. The zero-order chi connectivity index (χ0) is 15.4. The fraction of sp³-hybridized carbons (Fsp3) is 0.312. The average Bonchev–Trinajstić information content (AvgIpc) is 3.10. The molecule has 0 spiro atoms. The minimum atomic E-state index is -1.05. The van der Waals surface area contributed by atoms with Gasteiger partial charge in [0.25, 0.3) is 5.91 Å². The lowest BCUT2D eigenvalue weighted by molar-refractivity contribution is 0.0673. The number of aryl methyl sites for hydroxylation is 1. The molecule has 2 aliphatic heterocycles. The Labute approximate surface area is 127 Å². The summed E-state index contributed by atoms with van der Waals surface area (Å²) in [4.78, 5) is 30.2. The lowest BCUT2D eigenvalue weighted by atomic mass is 10.1. The Morgan fingerprint density at radius 3 is 3.00 bits per heavy atom. The van der Waals surface area contributed by atoms with E-state index in [0.717, 1.165) is 18.4 Å². The summed E-state index contributed by atoms with van der Waals surface area (Å²) in [5, 5.41) is 9.42. The van der Waals surface area contributed by atoms with Gasteiger partial charge in [-0.3, -0.25) is 9.36 Å². The van der Waals surface area contributed by atoms with Crippen LogP contribution in [0.3, 0.4) is 0 Å². The zero-order valence-corrected chi connectivity index (χ0v) is 12.1. The molecule has 3 heterocycles. The third-order valence-corrected chi connectivity index (χ3v) is 4.48. The number of hydrogen-bond acceptors (Lipinski definition) is 3. The highest BCUT2D eigenvalue weighted by atomic mass is 16.4. The first-order valence-corrected chi connectivity index (χ1v) is 7.30. The van der Waals surface area contributed by atoms with E-state index in [-0.39, 0.29) is 17.6 Å². The van der Waals surface area contributed by atoms with Crippen molar-refractivity contribution in [3.8, 4) is 5.69 Å². The Morgan fingerprint density at radius 2 is 2.23 bits per heavy atom. The normalized spacial score (nSPS) is 19.4. The van der Waals surface area contributed by atoms with E-state index in [1.54, 1.807) is 9.47 Å². The van der Waals surface area contributed by atoms with Crippen LogP contribution in [-0.2, 0) is 0 Å². The van der Waals surface area contributed by atoms with E-state index in [4.69, 9.17) is 0 Å². The van der Waals surface area contributed by atoms with Crippen LogP contribution in [0.1, 0.15) is 51.0 Å². The number of fused-ring (bicyclic) bond motifs is 5. The molecule has 0 saturated carbocycles. The van der Waals surface area contributed by atoms with Crippen molar-refractivity contribution in [3.05, 3.63) is 47.0 Å². The van der Waals surface area contributed by atoms with Crippen molar-refractivity contribution in [1.82, 2.24) is 14.5 Å². The minimum Gasteiger partial charge on any atom is -0.476 e. The first kappa shape index (κ1) is 13.1. The highest BCUT2D eigenvalue weighted by molar-refractivity contribution is 5.99. The van der Waals surface area contributed by atoms with Crippen LogP contribution in [0.5, 0.6) is 0 Å². The largest absolute Gasteiger partial charge is 0.476 e. The van der Waals surface area contributed by atoms with Crippen molar-refractivity contribution >= 4 is 11.9 Å². The second-order valence-electron chi connectivity index (χ2n) is 5.83. The van der Waals surface area contributed by atoms with Gasteiger partial charge in [0, 0.05) is 6.54 Å². The third kappa shape index (κ3) is 1.63. The molecule has 4 rings (SSSR count). The molecule has 22 heavy (non-hydrogen) atoms. The summed E-state index contributed by atoms with van der Waals surface area (Å²) in [6.07, 6.45) is 3.16. The van der Waals surface area contributed by atoms with Gasteiger partial charge in [-0.1, -0.05) is 11.6 Å². The molecule has 0 unspecified atom stereocenters. The van der Waals surface area contributed by atoms with Gasteiger partial charge in [-0.25, -0.2) is 9.78 Å². The van der Waals surface area contributed by atoms with Crippen molar-refractivity contribution in [2.24, 2.45) is 0 Å². The van der Waals surface area contributed by atoms with E-state index >= 15 is 0 Å². The fourth-order valence-electron chi connectivity index (χ4n) is 3.51. The minimum absolute atomic E-state index is 0.0266. The lowest BCUT2D eigenvalue weighted by Gasteiger charge is -2.22. The molecule has 6 heteroatoms. The number of aromatic nitrogens is 2.